The number of amides is 1. The molecule has 2 N–H and O–H groups in total. The molecule has 3 rings (SSSR count). The summed E-state index contributed by atoms with van der Waals surface area (Å²) in [5.74, 6) is -1.02. The number of carbonyl (C=O) groups is 2. The Morgan fingerprint density at radius 3 is 2.43 bits per heavy atom. The lowest BCUT2D eigenvalue weighted by Crippen LogP contribution is -2.21. The monoisotopic (exact) mass is 379 g/mol. The molecule has 0 saturated carbocycles. The topological polar surface area (TPSA) is 93.2 Å². The third-order valence-electron chi connectivity index (χ3n) is 4.53. The molecule has 3 aromatic rings. The van der Waals surface area contributed by atoms with Crippen LogP contribution in [0.4, 0.5) is 5.69 Å². The van der Waals surface area contributed by atoms with Gasteiger partial charge in [0.05, 0.1) is 11.3 Å². The Bertz CT molecular complexity index is 1080. The van der Waals surface area contributed by atoms with Gasteiger partial charge in [0.15, 0.2) is 6.61 Å². The van der Waals surface area contributed by atoms with E-state index in [2.05, 4.69) is 10.3 Å². The lowest BCUT2D eigenvalue weighted by atomic mass is 10.1. The molecule has 0 aliphatic rings. The van der Waals surface area contributed by atoms with Crippen molar-refractivity contribution in [2.24, 2.45) is 0 Å². The Balaban J connectivity index is 1.61. The summed E-state index contributed by atoms with van der Waals surface area (Å²) in [6.45, 7) is 5.28. The zero-order valence-electron chi connectivity index (χ0n) is 15.9. The summed E-state index contributed by atoms with van der Waals surface area (Å²) in [5.41, 5.74) is 4.15. The summed E-state index contributed by atoms with van der Waals surface area (Å²) in [6.07, 6.45) is 1.61. The van der Waals surface area contributed by atoms with Crippen LogP contribution in [0.2, 0.25) is 0 Å². The van der Waals surface area contributed by atoms with E-state index in [0.29, 0.717) is 16.9 Å². The van der Waals surface area contributed by atoms with Crippen molar-refractivity contribution in [2.75, 3.05) is 11.9 Å². The van der Waals surface area contributed by atoms with Gasteiger partial charge < -0.3 is 15.0 Å². The number of nitrogens with zero attached hydrogens (tertiary/aromatic N) is 1. The summed E-state index contributed by atoms with van der Waals surface area (Å²) in [5, 5.41) is 2.74. The van der Waals surface area contributed by atoms with E-state index in [1.54, 1.807) is 43.5 Å². The fourth-order valence-corrected chi connectivity index (χ4v) is 2.81. The molecule has 0 unspecified atom stereocenters. The highest BCUT2D eigenvalue weighted by atomic mass is 16.5. The highest BCUT2D eigenvalue weighted by Gasteiger charge is 2.12. The predicted octanol–water partition coefficient (Wildman–Crippen LogP) is 2.89. The largest absolute Gasteiger partial charge is 0.452 e. The molecule has 0 atom stereocenters. The maximum atomic E-state index is 12.2. The van der Waals surface area contributed by atoms with Crippen LogP contribution in [0.3, 0.4) is 0 Å². The van der Waals surface area contributed by atoms with Crippen LogP contribution in [0.1, 0.15) is 27.2 Å². The zero-order valence-corrected chi connectivity index (χ0v) is 15.9. The highest BCUT2D eigenvalue weighted by molar-refractivity contribution is 5.96. The van der Waals surface area contributed by atoms with Gasteiger partial charge in [0.1, 0.15) is 0 Å². The summed E-state index contributed by atoms with van der Waals surface area (Å²) in [6, 6.07) is 12.0. The molecule has 7 heteroatoms. The number of nitrogens with one attached hydrogen (secondary N) is 2. The normalized spacial score (nSPS) is 10.5. The Morgan fingerprint density at radius 1 is 1.07 bits per heavy atom. The number of imidazole rings is 1. The van der Waals surface area contributed by atoms with Crippen molar-refractivity contribution in [3.05, 3.63) is 81.5 Å². The number of hydrogen-bond acceptors (Lipinski definition) is 4. The van der Waals surface area contributed by atoms with Crippen molar-refractivity contribution in [2.45, 2.75) is 20.8 Å². The third-order valence-corrected chi connectivity index (χ3v) is 4.53. The molecular formula is C21H21N3O4. The number of H-pyrrole nitrogens is 1. The number of hydrogen-bond donors (Lipinski definition) is 2. The lowest BCUT2D eigenvalue weighted by molar-refractivity contribution is -0.119. The van der Waals surface area contributed by atoms with E-state index in [9.17, 15) is 14.4 Å². The molecule has 0 aliphatic carbocycles. The maximum absolute atomic E-state index is 12.2. The van der Waals surface area contributed by atoms with Crippen molar-refractivity contribution in [3.63, 3.8) is 0 Å². The molecule has 1 aromatic heterocycles. The van der Waals surface area contributed by atoms with Gasteiger partial charge in [-0.2, -0.15) is 0 Å². The van der Waals surface area contributed by atoms with Gasteiger partial charge in [-0.05, 0) is 62.2 Å². The van der Waals surface area contributed by atoms with E-state index in [0.717, 1.165) is 16.8 Å². The number of aromatic nitrogens is 2. The lowest BCUT2D eigenvalue weighted by Gasteiger charge is -2.11. The van der Waals surface area contributed by atoms with Gasteiger partial charge in [0.25, 0.3) is 5.91 Å². The SMILES string of the molecule is Cc1cccc(NC(=O)COC(=O)c2ccc(-n3c(C)c[nH]c3=O)cc2)c1C. The Morgan fingerprint density at radius 2 is 1.79 bits per heavy atom. The van der Waals surface area contributed by atoms with Crippen molar-refractivity contribution < 1.29 is 14.3 Å². The molecule has 144 valence electrons. The van der Waals surface area contributed by atoms with Crippen LogP contribution in [0.25, 0.3) is 5.69 Å². The number of anilines is 1. The van der Waals surface area contributed by atoms with Crippen LogP contribution in [0.15, 0.2) is 53.5 Å². The Kier molecular flexibility index (Phi) is 5.44. The molecule has 0 spiro atoms. The van der Waals surface area contributed by atoms with E-state index < -0.39 is 11.9 Å². The fraction of sp³-hybridized carbons (Fsp3) is 0.190. The predicted molar refractivity (Wildman–Crippen MR) is 106 cm³/mol. The average molecular weight is 379 g/mol. The summed E-state index contributed by atoms with van der Waals surface area (Å²) in [7, 11) is 0. The molecule has 0 aliphatic heterocycles. The number of carbonyl (C=O) groups excluding carboxylic acids is 2. The van der Waals surface area contributed by atoms with E-state index in [1.807, 2.05) is 26.0 Å². The quantitative estimate of drug-likeness (QED) is 0.667. The van der Waals surface area contributed by atoms with E-state index in [-0.39, 0.29) is 12.3 Å². The van der Waals surface area contributed by atoms with Crippen molar-refractivity contribution >= 4 is 17.6 Å². The number of esters is 1. The number of benzene rings is 2. The molecule has 7 nitrogen and oxygen atoms in total. The van der Waals surface area contributed by atoms with Crippen molar-refractivity contribution in [1.82, 2.24) is 9.55 Å². The Hall–Kier alpha value is -3.61. The minimum absolute atomic E-state index is 0.254. The molecular weight excluding hydrogens is 358 g/mol. The van der Waals surface area contributed by atoms with Gasteiger partial charge >= 0.3 is 11.7 Å². The second-order valence-corrected chi connectivity index (χ2v) is 6.49. The molecule has 0 bridgehead atoms. The Labute approximate surface area is 162 Å². The molecule has 1 amide bonds. The van der Waals surface area contributed by atoms with Gasteiger partial charge in [0, 0.05) is 17.6 Å². The van der Waals surface area contributed by atoms with Gasteiger partial charge in [-0.25, -0.2) is 9.59 Å². The van der Waals surface area contributed by atoms with Gasteiger partial charge in [-0.15, -0.1) is 0 Å². The number of rotatable bonds is 5. The van der Waals surface area contributed by atoms with Crippen LogP contribution >= 0.6 is 0 Å². The van der Waals surface area contributed by atoms with Crippen LogP contribution in [0, 0.1) is 20.8 Å². The first-order valence-electron chi connectivity index (χ1n) is 8.77. The van der Waals surface area contributed by atoms with E-state index >= 15 is 0 Å². The van der Waals surface area contributed by atoms with Crippen LogP contribution in [0.5, 0.6) is 0 Å². The molecule has 28 heavy (non-hydrogen) atoms. The second-order valence-electron chi connectivity index (χ2n) is 6.49. The molecule has 0 fully saturated rings. The van der Waals surface area contributed by atoms with Crippen molar-refractivity contribution in [3.8, 4) is 5.69 Å². The first-order valence-corrected chi connectivity index (χ1v) is 8.77. The average Bonchev–Trinajstić information content (AvgIpc) is 3.02. The number of ether oxygens (including phenoxy) is 1. The van der Waals surface area contributed by atoms with Gasteiger partial charge in [0.2, 0.25) is 0 Å². The van der Waals surface area contributed by atoms with Crippen molar-refractivity contribution in [1.29, 1.82) is 0 Å². The number of aryl methyl sites for hydroxylation is 2. The fourth-order valence-electron chi connectivity index (χ4n) is 2.81. The molecule has 1 heterocycles. The molecule has 0 radical (unpaired) electrons. The van der Waals surface area contributed by atoms with E-state index in [1.165, 1.54) is 4.57 Å². The smallest absolute Gasteiger partial charge is 0.338 e. The van der Waals surface area contributed by atoms with Crippen LogP contribution < -0.4 is 11.0 Å². The summed E-state index contributed by atoms with van der Waals surface area (Å²) < 4.78 is 6.58. The zero-order chi connectivity index (χ0) is 20.3. The standard InChI is InChI=1S/C21H21N3O4/c1-13-5-4-6-18(15(13)3)23-19(25)12-28-20(26)16-7-9-17(10-8-16)24-14(2)11-22-21(24)27/h4-11H,12H2,1-3H3,(H,22,27)(H,23,25). The number of aromatic amines is 1. The van der Waals surface area contributed by atoms with Crippen LogP contribution in [-0.2, 0) is 9.53 Å². The first kappa shape index (κ1) is 19.2. The minimum Gasteiger partial charge on any atom is -0.452 e. The second kappa shape index (κ2) is 7.96. The van der Waals surface area contributed by atoms with E-state index in [4.69, 9.17) is 4.74 Å². The highest BCUT2D eigenvalue weighted by Crippen LogP contribution is 2.18. The third kappa shape index (κ3) is 4.03. The minimum atomic E-state index is -0.610. The summed E-state index contributed by atoms with van der Waals surface area (Å²) >= 11 is 0. The molecule has 2 aromatic carbocycles. The van der Waals surface area contributed by atoms with Crippen LogP contribution in [-0.4, -0.2) is 28.0 Å². The summed E-state index contributed by atoms with van der Waals surface area (Å²) in [4.78, 5) is 38.7. The first-order chi connectivity index (χ1) is 13.4. The molecule has 0 saturated heterocycles. The maximum Gasteiger partial charge on any atom is 0.338 e. The van der Waals surface area contributed by atoms with Gasteiger partial charge in [-0.3, -0.25) is 9.36 Å². The van der Waals surface area contributed by atoms with Gasteiger partial charge in [-0.1, -0.05) is 12.1 Å².